The summed E-state index contributed by atoms with van der Waals surface area (Å²) < 4.78 is 34.0. The van der Waals surface area contributed by atoms with Crippen LogP contribution in [0.4, 0.5) is 0 Å². The fourth-order valence-electron chi connectivity index (χ4n) is 3.20. The van der Waals surface area contributed by atoms with Crippen LogP contribution >= 0.6 is 46.4 Å². The number of hydrogen-bond donors (Lipinski definition) is 3. The van der Waals surface area contributed by atoms with E-state index < -0.39 is 37.0 Å². The van der Waals surface area contributed by atoms with E-state index in [0.717, 1.165) is 6.07 Å². The Labute approximate surface area is 186 Å². The van der Waals surface area contributed by atoms with E-state index in [1.807, 2.05) is 0 Å². The van der Waals surface area contributed by atoms with Gasteiger partial charge in [-0.15, -0.1) is 0 Å². The van der Waals surface area contributed by atoms with Crippen LogP contribution in [-0.4, -0.2) is 23.2 Å². The van der Waals surface area contributed by atoms with E-state index in [2.05, 4.69) is 0 Å². The first-order valence-corrected chi connectivity index (χ1v) is 10.9. The number of rotatable bonds is 4. The standard InChI is InChI=1S/C19H12Cl4O5S/c20-11-6-7-12(14(21)8-11)19(29(26,27)28,10-4-2-1-3-5-10)13-9-15(22)18(25)16(23)17(13)24/h1-9,24-25H,(H,26,27,28). The van der Waals surface area contributed by atoms with Crippen molar-refractivity contribution in [2.75, 3.05) is 0 Å². The molecule has 5 nitrogen and oxygen atoms in total. The lowest BCUT2D eigenvalue weighted by Crippen LogP contribution is -2.38. The highest BCUT2D eigenvalue weighted by Gasteiger charge is 2.52. The average Bonchev–Trinajstić information content (AvgIpc) is 2.65. The van der Waals surface area contributed by atoms with Crippen molar-refractivity contribution in [1.82, 2.24) is 0 Å². The maximum Gasteiger partial charge on any atom is 0.283 e. The molecule has 1 unspecified atom stereocenters. The molecule has 0 fully saturated rings. The van der Waals surface area contributed by atoms with Crippen LogP contribution in [-0.2, 0) is 14.9 Å². The summed E-state index contributed by atoms with van der Waals surface area (Å²) in [5.74, 6) is -1.44. The zero-order chi connectivity index (χ0) is 21.6. The van der Waals surface area contributed by atoms with Crippen molar-refractivity contribution in [3.63, 3.8) is 0 Å². The highest BCUT2D eigenvalue weighted by Crippen LogP contribution is 2.53. The Morgan fingerprint density at radius 2 is 1.38 bits per heavy atom. The second-order valence-electron chi connectivity index (χ2n) is 6.06. The van der Waals surface area contributed by atoms with Crippen molar-refractivity contribution in [3.05, 3.63) is 91.4 Å². The summed E-state index contributed by atoms with van der Waals surface area (Å²) in [5.41, 5.74) is -0.464. The molecule has 0 heterocycles. The van der Waals surface area contributed by atoms with Crippen molar-refractivity contribution in [3.8, 4) is 11.5 Å². The molecule has 0 spiro atoms. The molecule has 3 N–H and O–H groups in total. The smallest absolute Gasteiger partial charge is 0.283 e. The second-order valence-corrected chi connectivity index (χ2v) is 9.25. The first kappa shape index (κ1) is 22.0. The summed E-state index contributed by atoms with van der Waals surface area (Å²) in [6.45, 7) is 0. The minimum Gasteiger partial charge on any atom is -0.506 e. The summed E-state index contributed by atoms with van der Waals surface area (Å²) in [5, 5.41) is 19.8. The lowest BCUT2D eigenvalue weighted by atomic mass is 9.83. The predicted molar refractivity (Wildman–Crippen MR) is 114 cm³/mol. The minimum absolute atomic E-state index is 0.0415. The van der Waals surface area contributed by atoms with Gasteiger partial charge in [-0.05, 0) is 23.8 Å². The van der Waals surface area contributed by atoms with Gasteiger partial charge in [0.1, 0.15) is 10.8 Å². The molecule has 0 radical (unpaired) electrons. The predicted octanol–water partition coefficient (Wildman–Crippen LogP) is 5.89. The monoisotopic (exact) mass is 492 g/mol. The summed E-state index contributed by atoms with van der Waals surface area (Å²) in [6.07, 6.45) is 0. The average molecular weight is 494 g/mol. The van der Waals surface area contributed by atoms with Gasteiger partial charge in [0, 0.05) is 21.2 Å². The van der Waals surface area contributed by atoms with Crippen molar-refractivity contribution in [2.45, 2.75) is 4.75 Å². The highest BCUT2D eigenvalue weighted by molar-refractivity contribution is 7.87. The maximum atomic E-state index is 13.0. The van der Waals surface area contributed by atoms with Crippen molar-refractivity contribution in [2.24, 2.45) is 0 Å². The molecular weight excluding hydrogens is 482 g/mol. The van der Waals surface area contributed by atoms with E-state index in [1.54, 1.807) is 18.2 Å². The molecular formula is C19H12Cl4O5S. The molecule has 0 aliphatic carbocycles. The quantitative estimate of drug-likeness (QED) is 0.311. The largest absolute Gasteiger partial charge is 0.506 e. The van der Waals surface area contributed by atoms with Gasteiger partial charge in [0.05, 0.1) is 5.02 Å². The molecule has 0 aliphatic rings. The third kappa shape index (κ3) is 3.54. The SMILES string of the molecule is O=S(=O)(O)C(c1ccccc1)(c1ccc(Cl)cc1Cl)c1cc(Cl)c(O)c(Cl)c1O. The van der Waals surface area contributed by atoms with E-state index in [1.165, 1.54) is 30.3 Å². The van der Waals surface area contributed by atoms with Crippen molar-refractivity contribution < 1.29 is 23.2 Å². The van der Waals surface area contributed by atoms with Gasteiger partial charge < -0.3 is 10.2 Å². The van der Waals surface area contributed by atoms with Crippen LogP contribution in [0.3, 0.4) is 0 Å². The van der Waals surface area contributed by atoms with Crippen LogP contribution in [0.15, 0.2) is 54.6 Å². The first-order chi connectivity index (χ1) is 13.5. The molecule has 0 aliphatic heterocycles. The molecule has 152 valence electrons. The van der Waals surface area contributed by atoms with Gasteiger partial charge in [0.2, 0.25) is 0 Å². The third-order valence-electron chi connectivity index (χ3n) is 4.43. The van der Waals surface area contributed by atoms with Crippen molar-refractivity contribution >= 4 is 56.5 Å². The molecule has 29 heavy (non-hydrogen) atoms. The van der Waals surface area contributed by atoms with Crippen LogP contribution < -0.4 is 0 Å². The lowest BCUT2D eigenvalue weighted by molar-refractivity contribution is 0.431. The van der Waals surface area contributed by atoms with Crippen molar-refractivity contribution in [1.29, 1.82) is 0 Å². The Hall–Kier alpha value is -1.67. The van der Waals surface area contributed by atoms with Gasteiger partial charge in [-0.25, -0.2) is 0 Å². The topological polar surface area (TPSA) is 94.8 Å². The number of benzene rings is 3. The molecule has 10 heteroatoms. The molecule has 0 aromatic heterocycles. The van der Waals surface area contributed by atoms with Crippen LogP contribution in [0, 0.1) is 0 Å². The Bertz CT molecular complexity index is 1200. The Kier molecular flexibility index (Phi) is 5.98. The molecule has 3 aromatic carbocycles. The van der Waals surface area contributed by atoms with Gasteiger partial charge in [0.25, 0.3) is 10.1 Å². The van der Waals surface area contributed by atoms with E-state index in [9.17, 15) is 23.2 Å². The molecule has 0 saturated carbocycles. The Balaban J connectivity index is 2.62. The molecule has 1 atom stereocenters. The number of halogens is 4. The van der Waals surface area contributed by atoms with E-state index in [-0.39, 0.29) is 26.2 Å². The van der Waals surface area contributed by atoms with Crippen LogP contribution in [0.5, 0.6) is 11.5 Å². The summed E-state index contributed by atoms with van der Waals surface area (Å²) in [6, 6.07) is 12.6. The van der Waals surface area contributed by atoms with Gasteiger partial charge in [0.15, 0.2) is 10.5 Å². The summed E-state index contributed by atoms with van der Waals surface area (Å²) >= 11 is 24.3. The van der Waals surface area contributed by atoms with Gasteiger partial charge in [-0.1, -0.05) is 82.8 Å². The van der Waals surface area contributed by atoms with Gasteiger partial charge in [-0.2, -0.15) is 8.42 Å². The fourth-order valence-corrected chi connectivity index (χ4v) is 5.58. The van der Waals surface area contributed by atoms with Crippen LogP contribution in [0.2, 0.25) is 20.1 Å². The maximum absolute atomic E-state index is 13.0. The lowest BCUT2D eigenvalue weighted by Gasteiger charge is -2.34. The first-order valence-electron chi connectivity index (χ1n) is 7.90. The van der Waals surface area contributed by atoms with E-state index in [4.69, 9.17) is 46.4 Å². The normalized spacial score (nSPS) is 13.8. The van der Waals surface area contributed by atoms with Crippen LogP contribution in [0.25, 0.3) is 0 Å². The summed E-state index contributed by atoms with van der Waals surface area (Å²) in [7, 11) is -5.08. The third-order valence-corrected chi connectivity index (χ3v) is 7.07. The zero-order valence-electron chi connectivity index (χ0n) is 14.3. The Morgan fingerprint density at radius 1 is 0.759 bits per heavy atom. The highest BCUT2D eigenvalue weighted by atomic mass is 35.5. The fraction of sp³-hybridized carbons (Fsp3) is 0.0526. The number of aromatic hydroxyl groups is 2. The van der Waals surface area contributed by atoms with Gasteiger partial charge >= 0.3 is 0 Å². The number of phenolic OH excluding ortho intramolecular Hbond substituents is 2. The molecule has 3 rings (SSSR count). The summed E-state index contributed by atoms with van der Waals surface area (Å²) in [4.78, 5) is 0. The molecule has 3 aromatic rings. The molecule has 0 amide bonds. The molecule has 0 saturated heterocycles. The Morgan fingerprint density at radius 3 is 1.93 bits per heavy atom. The second kappa shape index (κ2) is 7.87. The number of hydrogen-bond acceptors (Lipinski definition) is 4. The minimum atomic E-state index is -5.08. The van der Waals surface area contributed by atoms with E-state index in [0.29, 0.717) is 0 Å². The van der Waals surface area contributed by atoms with E-state index >= 15 is 0 Å². The number of phenols is 2. The molecule has 0 bridgehead atoms. The van der Waals surface area contributed by atoms with Gasteiger partial charge in [-0.3, -0.25) is 4.55 Å². The van der Waals surface area contributed by atoms with Crippen LogP contribution in [0.1, 0.15) is 16.7 Å². The zero-order valence-corrected chi connectivity index (χ0v) is 18.1.